The van der Waals surface area contributed by atoms with E-state index < -0.39 is 33.9 Å². The third kappa shape index (κ3) is 4.87. The molecule has 0 aromatic carbocycles. The summed E-state index contributed by atoms with van der Waals surface area (Å²) in [6.07, 6.45) is 1.80. The Hall–Kier alpha value is -1.22. The lowest BCUT2D eigenvalue weighted by Gasteiger charge is -2.35. The Bertz CT molecular complexity index is 567. The van der Waals surface area contributed by atoms with Crippen molar-refractivity contribution in [1.29, 1.82) is 0 Å². The van der Waals surface area contributed by atoms with Crippen molar-refractivity contribution in [2.75, 3.05) is 38.6 Å². The first kappa shape index (κ1) is 18.1. The van der Waals surface area contributed by atoms with Gasteiger partial charge in [-0.15, -0.1) is 0 Å². The second kappa shape index (κ2) is 6.72. The Balaban J connectivity index is 1.87. The van der Waals surface area contributed by atoms with Crippen molar-refractivity contribution >= 4 is 21.8 Å². The number of amides is 2. The van der Waals surface area contributed by atoms with Gasteiger partial charge >= 0.3 is 11.8 Å². The number of carbonyl (C=O) groups excluding carboxylic acids is 2. The first-order valence-corrected chi connectivity index (χ1v) is 9.39. The molecule has 1 aliphatic heterocycles. The maximum Gasteiger partial charge on any atom is 0.311 e. The molecular weight excluding hydrogens is 325 g/mol. The van der Waals surface area contributed by atoms with E-state index in [-0.39, 0.29) is 38.0 Å². The summed E-state index contributed by atoms with van der Waals surface area (Å²) in [6.45, 7) is 3.02. The quantitative estimate of drug-likeness (QED) is 0.693. The van der Waals surface area contributed by atoms with Gasteiger partial charge in [0.2, 0.25) is 10.0 Å². The first-order valence-electron chi connectivity index (χ1n) is 7.78. The molecule has 1 saturated carbocycles. The molecule has 0 bridgehead atoms. The minimum atomic E-state index is -3.58. The highest BCUT2D eigenvalue weighted by atomic mass is 32.2. The van der Waals surface area contributed by atoms with Crippen molar-refractivity contribution < 1.29 is 22.4 Å². The fraction of sp³-hybridized carbons (Fsp3) is 0.857. The number of hydrogen-bond acceptors (Lipinski definition) is 4. The molecule has 0 spiro atoms. The largest absolute Gasteiger partial charge is 0.345 e. The number of alkyl halides is 1. The standard InChI is InChI=1S/C14H24FN3O4S/c1-14(2,9-15)10-23(21,22)18-7-5-17(6-8-18)13(20)12(19)16-11-3-4-11/h11H,3-10H2,1-2H3,(H,16,19). The summed E-state index contributed by atoms with van der Waals surface area (Å²) < 4.78 is 38.7. The van der Waals surface area contributed by atoms with Crippen LogP contribution in [0.25, 0.3) is 0 Å². The van der Waals surface area contributed by atoms with E-state index in [1.54, 1.807) is 13.8 Å². The second-order valence-corrected chi connectivity index (χ2v) is 8.96. The van der Waals surface area contributed by atoms with Gasteiger partial charge in [-0.1, -0.05) is 13.8 Å². The van der Waals surface area contributed by atoms with Gasteiger partial charge in [0, 0.05) is 37.6 Å². The average molecular weight is 349 g/mol. The van der Waals surface area contributed by atoms with Crippen LogP contribution in [0.2, 0.25) is 0 Å². The van der Waals surface area contributed by atoms with Crippen molar-refractivity contribution in [1.82, 2.24) is 14.5 Å². The zero-order valence-corrected chi connectivity index (χ0v) is 14.4. The Morgan fingerprint density at radius 1 is 1.17 bits per heavy atom. The molecular formula is C14H24FN3O4S. The lowest BCUT2D eigenvalue weighted by atomic mass is 9.99. The van der Waals surface area contributed by atoms with Crippen LogP contribution in [0.1, 0.15) is 26.7 Å². The van der Waals surface area contributed by atoms with Crippen LogP contribution in [-0.2, 0) is 19.6 Å². The number of hydrogen-bond donors (Lipinski definition) is 1. The predicted molar refractivity (Wildman–Crippen MR) is 82.9 cm³/mol. The smallest absolute Gasteiger partial charge is 0.311 e. The Morgan fingerprint density at radius 3 is 2.22 bits per heavy atom. The van der Waals surface area contributed by atoms with Crippen LogP contribution in [0, 0.1) is 5.41 Å². The van der Waals surface area contributed by atoms with E-state index in [4.69, 9.17) is 0 Å². The van der Waals surface area contributed by atoms with Crippen molar-refractivity contribution in [2.24, 2.45) is 5.41 Å². The maximum absolute atomic E-state index is 12.9. The fourth-order valence-electron chi connectivity index (χ4n) is 2.41. The van der Waals surface area contributed by atoms with Crippen LogP contribution in [0.3, 0.4) is 0 Å². The molecule has 0 aromatic rings. The highest BCUT2D eigenvalue weighted by Gasteiger charge is 2.35. The van der Waals surface area contributed by atoms with Crippen LogP contribution in [0.4, 0.5) is 4.39 Å². The van der Waals surface area contributed by atoms with E-state index in [0.717, 1.165) is 12.8 Å². The molecule has 2 aliphatic rings. The normalized spacial score (nSPS) is 20.4. The summed E-state index contributed by atoms with van der Waals surface area (Å²) >= 11 is 0. The molecule has 132 valence electrons. The van der Waals surface area contributed by atoms with Gasteiger partial charge in [0.05, 0.1) is 12.4 Å². The van der Waals surface area contributed by atoms with Crippen LogP contribution < -0.4 is 5.32 Å². The molecule has 2 amide bonds. The summed E-state index contributed by atoms with van der Waals surface area (Å²) in [5.74, 6) is -1.51. The van der Waals surface area contributed by atoms with E-state index in [0.29, 0.717) is 0 Å². The summed E-state index contributed by atoms with van der Waals surface area (Å²) in [4.78, 5) is 25.1. The van der Waals surface area contributed by atoms with Gasteiger partial charge in [-0.2, -0.15) is 4.31 Å². The Morgan fingerprint density at radius 2 is 1.74 bits per heavy atom. The molecule has 23 heavy (non-hydrogen) atoms. The molecule has 2 rings (SSSR count). The van der Waals surface area contributed by atoms with Gasteiger partial charge in [0.1, 0.15) is 0 Å². The van der Waals surface area contributed by atoms with E-state index in [9.17, 15) is 22.4 Å². The Labute approximate surface area is 136 Å². The lowest BCUT2D eigenvalue weighted by molar-refractivity contribution is -0.146. The minimum Gasteiger partial charge on any atom is -0.345 e. The SMILES string of the molecule is CC(C)(CF)CS(=O)(=O)N1CCN(C(=O)C(=O)NC2CC2)CC1. The molecule has 1 N–H and O–H groups in total. The van der Waals surface area contributed by atoms with Crippen LogP contribution >= 0.6 is 0 Å². The zero-order chi connectivity index (χ0) is 17.3. The predicted octanol–water partition coefficient (Wildman–Crippen LogP) is -0.265. The van der Waals surface area contributed by atoms with E-state index in [2.05, 4.69) is 5.32 Å². The number of halogens is 1. The molecule has 1 saturated heterocycles. The van der Waals surface area contributed by atoms with Gasteiger partial charge in [-0.3, -0.25) is 14.0 Å². The number of rotatable bonds is 5. The average Bonchev–Trinajstić information content (AvgIpc) is 3.29. The lowest BCUT2D eigenvalue weighted by Crippen LogP contribution is -2.54. The minimum absolute atomic E-state index is 0.107. The highest BCUT2D eigenvalue weighted by Crippen LogP contribution is 2.22. The van der Waals surface area contributed by atoms with Crippen molar-refractivity contribution in [2.45, 2.75) is 32.7 Å². The number of carbonyl (C=O) groups is 2. The first-order chi connectivity index (χ1) is 10.6. The van der Waals surface area contributed by atoms with Crippen LogP contribution in [0.5, 0.6) is 0 Å². The topological polar surface area (TPSA) is 86.8 Å². The monoisotopic (exact) mass is 349 g/mol. The van der Waals surface area contributed by atoms with Crippen molar-refractivity contribution in [3.05, 3.63) is 0 Å². The molecule has 1 aliphatic carbocycles. The maximum atomic E-state index is 12.9. The molecule has 7 nitrogen and oxygen atoms in total. The van der Waals surface area contributed by atoms with Gasteiger partial charge in [-0.25, -0.2) is 8.42 Å². The van der Waals surface area contributed by atoms with Crippen LogP contribution in [0.15, 0.2) is 0 Å². The number of nitrogens with one attached hydrogen (secondary N) is 1. The third-order valence-corrected chi connectivity index (χ3v) is 6.26. The highest BCUT2D eigenvalue weighted by molar-refractivity contribution is 7.89. The zero-order valence-electron chi connectivity index (χ0n) is 13.5. The Kier molecular flexibility index (Phi) is 5.30. The molecule has 2 fully saturated rings. The van der Waals surface area contributed by atoms with E-state index >= 15 is 0 Å². The molecule has 0 radical (unpaired) electrons. The summed E-state index contributed by atoms with van der Waals surface area (Å²) in [6, 6.07) is 0.107. The van der Waals surface area contributed by atoms with Crippen molar-refractivity contribution in [3.63, 3.8) is 0 Å². The molecule has 0 unspecified atom stereocenters. The summed E-state index contributed by atoms with van der Waals surface area (Å²) in [5.41, 5.74) is -0.935. The molecule has 9 heteroatoms. The molecule has 0 aromatic heterocycles. The summed E-state index contributed by atoms with van der Waals surface area (Å²) in [7, 11) is -3.58. The summed E-state index contributed by atoms with van der Waals surface area (Å²) in [5, 5.41) is 2.63. The second-order valence-electron chi connectivity index (χ2n) is 6.99. The number of sulfonamides is 1. The van der Waals surface area contributed by atoms with Gasteiger partial charge in [-0.05, 0) is 12.8 Å². The number of piperazine rings is 1. The van der Waals surface area contributed by atoms with E-state index in [1.165, 1.54) is 9.21 Å². The third-order valence-electron chi connectivity index (χ3n) is 3.96. The molecule has 0 atom stereocenters. The number of nitrogens with zero attached hydrogens (tertiary/aromatic N) is 2. The van der Waals surface area contributed by atoms with Gasteiger partial charge < -0.3 is 10.2 Å². The van der Waals surface area contributed by atoms with Crippen LogP contribution in [-0.4, -0.2) is 74.1 Å². The van der Waals surface area contributed by atoms with Gasteiger partial charge in [0.15, 0.2) is 0 Å². The van der Waals surface area contributed by atoms with E-state index in [1.807, 2.05) is 0 Å². The van der Waals surface area contributed by atoms with Crippen molar-refractivity contribution in [3.8, 4) is 0 Å². The fourth-order valence-corrected chi connectivity index (χ4v) is 4.38. The molecule has 1 heterocycles. The van der Waals surface area contributed by atoms with Gasteiger partial charge in [0.25, 0.3) is 0 Å².